The number of anilines is 1. The average molecular weight is 319 g/mol. The molecule has 7 heteroatoms. The number of carbonyl (C=O) groups is 3. The van der Waals surface area contributed by atoms with Crippen LogP contribution in [-0.4, -0.2) is 41.6 Å². The van der Waals surface area contributed by atoms with Crippen molar-refractivity contribution >= 4 is 23.6 Å². The van der Waals surface area contributed by atoms with Crippen LogP contribution in [0.25, 0.3) is 0 Å². The van der Waals surface area contributed by atoms with Crippen molar-refractivity contribution in [1.29, 1.82) is 0 Å². The van der Waals surface area contributed by atoms with E-state index in [1.54, 1.807) is 29.2 Å². The summed E-state index contributed by atoms with van der Waals surface area (Å²) >= 11 is 0. The molecule has 3 N–H and O–H groups in total. The summed E-state index contributed by atoms with van der Waals surface area (Å²) in [5.74, 6) is -1.50. The van der Waals surface area contributed by atoms with E-state index in [0.29, 0.717) is 37.2 Å². The molecular formula is C16H21N3O4. The van der Waals surface area contributed by atoms with Crippen molar-refractivity contribution < 1.29 is 19.5 Å². The van der Waals surface area contributed by atoms with Gasteiger partial charge in [0.05, 0.1) is 0 Å². The minimum Gasteiger partial charge on any atom is -0.480 e. The Morgan fingerprint density at radius 1 is 1.35 bits per heavy atom. The van der Waals surface area contributed by atoms with Crippen molar-refractivity contribution in [2.45, 2.75) is 32.2 Å². The van der Waals surface area contributed by atoms with Gasteiger partial charge in [-0.1, -0.05) is 13.3 Å². The number of nitrogens with one attached hydrogen (secondary N) is 2. The number of aliphatic carboxylic acids is 1. The van der Waals surface area contributed by atoms with Crippen LogP contribution < -0.4 is 15.5 Å². The quantitative estimate of drug-likeness (QED) is 0.741. The molecule has 0 radical (unpaired) electrons. The normalized spacial score (nSPS) is 16.6. The van der Waals surface area contributed by atoms with Crippen molar-refractivity contribution in [3.05, 3.63) is 29.8 Å². The molecule has 1 fully saturated rings. The van der Waals surface area contributed by atoms with E-state index >= 15 is 0 Å². The molecule has 0 bridgehead atoms. The zero-order valence-electron chi connectivity index (χ0n) is 13.3. The van der Waals surface area contributed by atoms with Crippen LogP contribution >= 0.6 is 0 Å². The summed E-state index contributed by atoms with van der Waals surface area (Å²) in [7, 11) is 0. The van der Waals surface area contributed by atoms with Gasteiger partial charge in [0.25, 0.3) is 5.91 Å². The first-order chi connectivity index (χ1) is 10.9. The number of amides is 3. The van der Waals surface area contributed by atoms with E-state index in [-0.39, 0.29) is 6.03 Å². The van der Waals surface area contributed by atoms with E-state index in [2.05, 4.69) is 10.6 Å². The van der Waals surface area contributed by atoms with Crippen LogP contribution in [0.15, 0.2) is 24.3 Å². The van der Waals surface area contributed by atoms with Crippen LogP contribution in [0.3, 0.4) is 0 Å². The molecule has 0 saturated carbocycles. The second-order valence-corrected chi connectivity index (χ2v) is 5.77. The summed E-state index contributed by atoms with van der Waals surface area (Å²) in [6, 6.07) is 6.37. The summed E-state index contributed by atoms with van der Waals surface area (Å²) < 4.78 is 0. The number of hydrogen-bond acceptors (Lipinski definition) is 3. The fourth-order valence-corrected chi connectivity index (χ4v) is 2.56. The third-order valence-electron chi connectivity index (χ3n) is 3.91. The molecule has 7 nitrogen and oxygen atoms in total. The monoisotopic (exact) mass is 319 g/mol. The lowest BCUT2D eigenvalue weighted by molar-refractivity contribution is -0.144. The molecule has 3 amide bonds. The predicted octanol–water partition coefficient (Wildman–Crippen LogP) is 1.59. The second kappa shape index (κ2) is 6.68. The van der Waals surface area contributed by atoms with Gasteiger partial charge in [-0.2, -0.15) is 0 Å². The highest BCUT2D eigenvalue weighted by Gasteiger charge is 2.34. The molecule has 1 aromatic rings. The molecule has 1 aliphatic heterocycles. The Morgan fingerprint density at radius 2 is 2.00 bits per heavy atom. The molecule has 1 unspecified atom stereocenters. The zero-order valence-corrected chi connectivity index (χ0v) is 13.3. The maximum Gasteiger partial charge on any atom is 0.329 e. The maximum atomic E-state index is 12.3. The molecule has 1 saturated heterocycles. The lowest BCUT2D eigenvalue weighted by Crippen LogP contribution is -2.52. The minimum atomic E-state index is -1.29. The predicted molar refractivity (Wildman–Crippen MR) is 85.6 cm³/mol. The minimum absolute atomic E-state index is 0.163. The smallest absolute Gasteiger partial charge is 0.329 e. The summed E-state index contributed by atoms with van der Waals surface area (Å²) in [4.78, 5) is 36.8. The fraction of sp³-hybridized carbons (Fsp3) is 0.438. The van der Waals surface area contributed by atoms with E-state index in [1.165, 1.54) is 6.92 Å². The topological polar surface area (TPSA) is 98.7 Å². The lowest BCUT2D eigenvalue weighted by Gasteiger charge is -2.25. The van der Waals surface area contributed by atoms with Crippen LogP contribution in [0.4, 0.5) is 10.5 Å². The number of rotatable bonds is 6. The van der Waals surface area contributed by atoms with Gasteiger partial charge in [-0.15, -0.1) is 0 Å². The van der Waals surface area contributed by atoms with Crippen LogP contribution in [0, 0.1) is 0 Å². The Bertz CT molecular complexity index is 614. The van der Waals surface area contributed by atoms with Crippen molar-refractivity contribution in [1.82, 2.24) is 10.6 Å². The Balaban J connectivity index is 2.11. The van der Waals surface area contributed by atoms with E-state index < -0.39 is 17.4 Å². The number of carboxylic acid groups (broad SMARTS) is 1. The highest BCUT2D eigenvalue weighted by Crippen LogP contribution is 2.19. The number of benzene rings is 1. The van der Waals surface area contributed by atoms with Crippen LogP contribution in [-0.2, 0) is 4.79 Å². The lowest BCUT2D eigenvalue weighted by atomic mass is 9.95. The highest BCUT2D eigenvalue weighted by molar-refractivity contribution is 5.99. The summed E-state index contributed by atoms with van der Waals surface area (Å²) in [5.41, 5.74) is -0.234. The Labute approximate surface area is 134 Å². The third-order valence-corrected chi connectivity index (χ3v) is 3.91. The number of urea groups is 1. The largest absolute Gasteiger partial charge is 0.480 e. The number of hydrogen-bond donors (Lipinski definition) is 3. The standard InChI is InChI=1S/C16H21N3O4/c1-3-8-16(2,14(21)22)18-13(20)11-4-6-12(7-5-11)19-10-9-17-15(19)23/h4-7H,3,8-10H2,1-2H3,(H,17,23)(H,18,20)(H,21,22). The number of carbonyl (C=O) groups excluding carboxylic acids is 2. The first kappa shape index (κ1) is 16.8. The van der Waals surface area contributed by atoms with E-state index in [1.807, 2.05) is 6.92 Å². The van der Waals surface area contributed by atoms with E-state index in [9.17, 15) is 19.5 Å². The molecule has 1 heterocycles. The van der Waals surface area contributed by atoms with Gasteiger partial charge in [0.15, 0.2) is 0 Å². The first-order valence-electron chi connectivity index (χ1n) is 7.59. The number of carboxylic acids is 1. The molecule has 0 aromatic heterocycles. The summed E-state index contributed by atoms with van der Waals surface area (Å²) in [6.45, 7) is 4.54. The average Bonchev–Trinajstić information content (AvgIpc) is 2.93. The maximum absolute atomic E-state index is 12.3. The van der Waals surface area contributed by atoms with Crippen molar-refractivity contribution in [3.8, 4) is 0 Å². The Kier molecular flexibility index (Phi) is 4.88. The molecule has 1 atom stereocenters. The van der Waals surface area contributed by atoms with Crippen LogP contribution in [0.1, 0.15) is 37.0 Å². The molecule has 2 rings (SSSR count). The van der Waals surface area contributed by atoms with Gasteiger partial charge in [-0.05, 0) is 37.6 Å². The third kappa shape index (κ3) is 3.61. The number of nitrogens with zero attached hydrogens (tertiary/aromatic N) is 1. The molecular weight excluding hydrogens is 298 g/mol. The van der Waals surface area contributed by atoms with Gasteiger partial charge < -0.3 is 15.7 Å². The van der Waals surface area contributed by atoms with E-state index in [4.69, 9.17) is 0 Å². The van der Waals surface area contributed by atoms with Gasteiger partial charge in [-0.3, -0.25) is 9.69 Å². The van der Waals surface area contributed by atoms with Gasteiger partial charge in [-0.25, -0.2) is 9.59 Å². The molecule has 23 heavy (non-hydrogen) atoms. The van der Waals surface area contributed by atoms with Crippen LogP contribution in [0.5, 0.6) is 0 Å². The first-order valence-corrected chi connectivity index (χ1v) is 7.59. The van der Waals surface area contributed by atoms with Gasteiger partial charge in [0, 0.05) is 24.3 Å². The highest BCUT2D eigenvalue weighted by atomic mass is 16.4. The molecule has 124 valence electrons. The Morgan fingerprint density at radius 3 is 2.48 bits per heavy atom. The van der Waals surface area contributed by atoms with Crippen molar-refractivity contribution in [3.63, 3.8) is 0 Å². The van der Waals surface area contributed by atoms with Gasteiger partial charge >= 0.3 is 12.0 Å². The summed E-state index contributed by atoms with van der Waals surface area (Å²) in [5, 5.41) is 14.6. The zero-order chi connectivity index (χ0) is 17.0. The molecule has 0 spiro atoms. The van der Waals surface area contributed by atoms with Crippen molar-refractivity contribution in [2.75, 3.05) is 18.0 Å². The summed E-state index contributed by atoms with van der Waals surface area (Å²) in [6.07, 6.45) is 0.992. The second-order valence-electron chi connectivity index (χ2n) is 5.77. The molecule has 0 aliphatic carbocycles. The van der Waals surface area contributed by atoms with Crippen molar-refractivity contribution in [2.24, 2.45) is 0 Å². The Hall–Kier alpha value is -2.57. The van der Waals surface area contributed by atoms with Gasteiger partial charge in [0.1, 0.15) is 5.54 Å². The van der Waals surface area contributed by atoms with Gasteiger partial charge in [0.2, 0.25) is 0 Å². The molecule has 1 aliphatic rings. The molecule has 1 aromatic carbocycles. The van der Waals surface area contributed by atoms with Crippen LogP contribution in [0.2, 0.25) is 0 Å². The van der Waals surface area contributed by atoms with E-state index in [0.717, 1.165) is 0 Å². The SMILES string of the molecule is CCCC(C)(NC(=O)c1ccc(N2CCNC2=O)cc1)C(=O)O. The fourth-order valence-electron chi connectivity index (χ4n) is 2.56.